The van der Waals surface area contributed by atoms with Gasteiger partial charge in [0.2, 0.25) is 0 Å². The molecule has 8 rings (SSSR count). The first kappa shape index (κ1) is 29.1. The molecule has 8 heteroatoms. The van der Waals surface area contributed by atoms with E-state index in [2.05, 4.69) is 22.1 Å². The van der Waals surface area contributed by atoms with Gasteiger partial charge in [0.05, 0.1) is 23.6 Å². The van der Waals surface area contributed by atoms with Crippen LogP contribution in [0.3, 0.4) is 0 Å². The van der Waals surface area contributed by atoms with E-state index in [1.54, 1.807) is 0 Å². The largest absolute Gasteiger partial charge is 0.479 e. The van der Waals surface area contributed by atoms with Gasteiger partial charge < -0.3 is 28.5 Å². The summed E-state index contributed by atoms with van der Waals surface area (Å²) in [5.41, 5.74) is 9.30. The SMILES string of the molecule is Cc1cn2cccc(OC3c4ccccc4CCC3O)c2n1.Cc1nc2c(OC3c4ccccc4CCC3O)cccn2c1C. The maximum Gasteiger partial charge on any atom is 0.180 e. The third kappa shape index (κ3) is 5.56. The third-order valence-electron chi connectivity index (χ3n) is 9.01. The number of pyridine rings is 2. The molecule has 45 heavy (non-hydrogen) atoms. The number of hydrogen-bond acceptors (Lipinski definition) is 6. The molecule has 0 radical (unpaired) electrons. The Hall–Kier alpha value is -4.66. The first-order chi connectivity index (χ1) is 21.9. The molecule has 6 aromatic rings. The highest BCUT2D eigenvalue weighted by molar-refractivity contribution is 5.56. The first-order valence-corrected chi connectivity index (χ1v) is 15.6. The number of nitrogens with zero attached hydrogens (tertiary/aromatic N) is 4. The number of fused-ring (bicyclic) bond motifs is 4. The maximum atomic E-state index is 10.5. The zero-order valence-electron chi connectivity index (χ0n) is 25.8. The minimum absolute atomic E-state index is 0.340. The molecule has 4 unspecified atom stereocenters. The number of rotatable bonds is 4. The van der Waals surface area contributed by atoms with Crippen LogP contribution < -0.4 is 9.47 Å². The Kier molecular flexibility index (Phi) is 7.77. The number of benzene rings is 2. The molecule has 0 amide bonds. The topological polar surface area (TPSA) is 93.5 Å². The van der Waals surface area contributed by atoms with Crippen LogP contribution in [0, 0.1) is 20.8 Å². The summed E-state index contributed by atoms with van der Waals surface area (Å²) in [4.78, 5) is 9.13. The Morgan fingerprint density at radius 2 is 1.22 bits per heavy atom. The highest BCUT2D eigenvalue weighted by atomic mass is 16.5. The molecule has 2 aromatic carbocycles. The van der Waals surface area contributed by atoms with E-state index in [1.807, 2.05) is 109 Å². The molecule has 2 aliphatic carbocycles. The predicted octanol–water partition coefficient (Wildman–Crippen LogP) is 6.45. The Labute approximate surface area is 262 Å². The summed E-state index contributed by atoms with van der Waals surface area (Å²) in [7, 11) is 0. The number of ether oxygens (including phenoxy) is 2. The van der Waals surface area contributed by atoms with Gasteiger partial charge in [0.1, 0.15) is 12.2 Å². The number of aromatic nitrogens is 4. The van der Waals surface area contributed by atoms with E-state index >= 15 is 0 Å². The molecule has 2 aliphatic rings. The molecule has 4 atom stereocenters. The lowest BCUT2D eigenvalue weighted by Crippen LogP contribution is -2.29. The van der Waals surface area contributed by atoms with Gasteiger partial charge in [-0.1, -0.05) is 48.5 Å². The number of aliphatic hydroxyl groups is 2. The highest BCUT2D eigenvalue weighted by Crippen LogP contribution is 2.36. The average Bonchev–Trinajstić information content (AvgIpc) is 3.59. The normalized spacial score (nSPS) is 20.6. The van der Waals surface area contributed by atoms with Crippen LogP contribution in [0.2, 0.25) is 0 Å². The molecule has 0 aliphatic heterocycles. The molecule has 230 valence electrons. The van der Waals surface area contributed by atoms with E-state index in [9.17, 15) is 10.2 Å². The zero-order valence-corrected chi connectivity index (χ0v) is 25.8. The predicted molar refractivity (Wildman–Crippen MR) is 173 cm³/mol. The molecule has 0 fully saturated rings. The van der Waals surface area contributed by atoms with Crippen LogP contribution in [0.25, 0.3) is 11.3 Å². The number of aryl methyl sites for hydroxylation is 5. The van der Waals surface area contributed by atoms with Crippen molar-refractivity contribution in [3.8, 4) is 11.5 Å². The quantitative estimate of drug-likeness (QED) is 0.241. The van der Waals surface area contributed by atoms with E-state index in [0.29, 0.717) is 11.5 Å². The summed E-state index contributed by atoms with van der Waals surface area (Å²) in [6.45, 7) is 6.00. The van der Waals surface area contributed by atoms with Crippen LogP contribution in [-0.2, 0) is 12.8 Å². The van der Waals surface area contributed by atoms with Gasteiger partial charge in [0, 0.05) is 24.3 Å². The van der Waals surface area contributed by atoms with Crippen LogP contribution in [0.15, 0.2) is 91.4 Å². The van der Waals surface area contributed by atoms with Gasteiger partial charge in [0.15, 0.2) is 22.8 Å². The second kappa shape index (κ2) is 12.0. The lowest BCUT2D eigenvalue weighted by molar-refractivity contribution is 0.0233. The summed E-state index contributed by atoms with van der Waals surface area (Å²) in [6.07, 6.45) is 7.46. The Morgan fingerprint density at radius 3 is 1.84 bits per heavy atom. The van der Waals surface area contributed by atoms with Crippen molar-refractivity contribution in [3.63, 3.8) is 0 Å². The number of hydrogen-bond donors (Lipinski definition) is 2. The van der Waals surface area contributed by atoms with Gasteiger partial charge in [-0.15, -0.1) is 0 Å². The molecule has 4 heterocycles. The second-order valence-electron chi connectivity index (χ2n) is 12.0. The summed E-state index contributed by atoms with van der Waals surface area (Å²) in [5.74, 6) is 1.42. The van der Waals surface area contributed by atoms with E-state index in [4.69, 9.17) is 9.47 Å². The summed E-state index contributed by atoms with van der Waals surface area (Å²) < 4.78 is 16.4. The van der Waals surface area contributed by atoms with Crippen molar-refractivity contribution in [1.29, 1.82) is 0 Å². The van der Waals surface area contributed by atoms with Crippen molar-refractivity contribution in [2.24, 2.45) is 0 Å². The van der Waals surface area contributed by atoms with Gasteiger partial charge in [-0.25, -0.2) is 9.97 Å². The van der Waals surface area contributed by atoms with E-state index in [-0.39, 0.29) is 12.2 Å². The molecular formula is C37H38N4O4. The Bertz CT molecular complexity index is 1980. The molecule has 4 aromatic heterocycles. The van der Waals surface area contributed by atoms with Crippen LogP contribution >= 0.6 is 0 Å². The lowest BCUT2D eigenvalue weighted by Gasteiger charge is -2.30. The number of imidazole rings is 2. The minimum Gasteiger partial charge on any atom is -0.479 e. The summed E-state index contributed by atoms with van der Waals surface area (Å²) >= 11 is 0. The molecule has 0 bridgehead atoms. The van der Waals surface area contributed by atoms with Crippen molar-refractivity contribution >= 4 is 11.3 Å². The monoisotopic (exact) mass is 602 g/mol. The van der Waals surface area contributed by atoms with Crippen molar-refractivity contribution in [1.82, 2.24) is 18.8 Å². The average molecular weight is 603 g/mol. The molecule has 2 N–H and O–H groups in total. The number of aliphatic hydroxyl groups excluding tert-OH is 2. The van der Waals surface area contributed by atoms with Gasteiger partial charge in [-0.3, -0.25) is 0 Å². The van der Waals surface area contributed by atoms with E-state index in [0.717, 1.165) is 65.2 Å². The van der Waals surface area contributed by atoms with Crippen molar-refractivity contribution in [2.75, 3.05) is 0 Å². The van der Waals surface area contributed by atoms with Gasteiger partial charge >= 0.3 is 0 Å². The van der Waals surface area contributed by atoms with E-state index in [1.165, 1.54) is 11.1 Å². The zero-order chi connectivity index (χ0) is 31.1. The lowest BCUT2D eigenvalue weighted by atomic mass is 9.87. The second-order valence-corrected chi connectivity index (χ2v) is 12.0. The summed E-state index contributed by atoms with van der Waals surface area (Å²) in [6, 6.07) is 24.1. The fourth-order valence-corrected chi connectivity index (χ4v) is 6.53. The van der Waals surface area contributed by atoms with Crippen molar-refractivity contribution in [3.05, 3.63) is 131 Å². The minimum atomic E-state index is -0.498. The Balaban J connectivity index is 0.000000145. The fraction of sp³-hybridized carbons (Fsp3) is 0.297. The smallest absolute Gasteiger partial charge is 0.180 e. The molecule has 0 spiro atoms. The van der Waals surface area contributed by atoms with Gasteiger partial charge in [-0.2, -0.15) is 0 Å². The van der Waals surface area contributed by atoms with Crippen LogP contribution in [0.5, 0.6) is 11.5 Å². The summed E-state index contributed by atoms with van der Waals surface area (Å²) in [5, 5.41) is 20.9. The van der Waals surface area contributed by atoms with Gasteiger partial charge in [0.25, 0.3) is 0 Å². The van der Waals surface area contributed by atoms with E-state index < -0.39 is 12.2 Å². The highest BCUT2D eigenvalue weighted by Gasteiger charge is 2.31. The van der Waals surface area contributed by atoms with Crippen LogP contribution in [0.4, 0.5) is 0 Å². The Morgan fingerprint density at radius 1 is 0.667 bits per heavy atom. The maximum absolute atomic E-state index is 10.5. The van der Waals surface area contributed by atoms with Crippen molar-refractivity contribution < 1.29 is 19.7 Å². The first-order valence-electron chi connectivity index (χ1n) is 15.6. The van der Waals surface area contributed by atoms with Crippen LogP contribution in [-0.4, -0.2) is 41.2 Å². The molecule has 0 saturated carbocycles. The molecular weight excluding hydrogens is 564 g/mol. The third-order valence-corrected chi connectivity index (χ3v) is 9.01. The standard InChI is InChI=1S/C19H20N2O2.C18H18N2O2/c1-12-13(2)21-11-5-8-17(19(21)20-12)23-18-15-7-4-3-6-14(15)9-10-16(18)22;1-12-11-20-10-4-7-16(18(20)19-12)22-17-14-6-3-2-5-13(14)8-9-15(17)21/h3-8,11,16,18,22H,9-10H2,1-2H3;2-7,10-11,15,17,21H,8-9H2,1H3. The van der Waals surface area contributed by atoms with Crippen LogP contribution in [0.1, 0.15) is 64.4 Å². The fourth-order valence-electron chi connectivity index (χ4n) is 6.53. The molecule has 8 nitrogen and oxygen atoms in total. The van der Waals surface area contributed by atoms with Gasteiger partial charge in [-0.05, 0) is 93.0 Å². The molecule has 0 saturated heterocycles. The van der Waals surface area contributed by atoms with Crippen molar-refractivity contribution in [2.45, 2.75) is 70.9 Å².